The molecule has 1 aliphatic heterocycles. The molecule has 29 heavy (non-hydrogen) atoms. The van der Waals surface area contributed by atoms with E-state index in [1.54, 1.807) is 18.2 Å². The first-order valence-corrected chi connectivity index (χ1v) is 11.4. The number of carbonyl (C=O) groups excluding carboxylic acids is 1. The van der Waals surface area contributed by atoms with E-state index in [1.807, 2.05) is 6.92 Å². The van der Waals surface area contributed by atoms with E-state index in [1.165, 1.54) is 24.3 Å². The van der Waals surface area contributed by atoms with Crippen LogP contribution in [0.15, 0.2) is 47.4 Å². The van der Waals surface area contributed by atoms with Gasteiger partial charge < -0.3 is 10.1 Å². The number of ether oxygens (including phenoxy) is 1. The molecule has 0 radical (unpaired) electrons. The molecule has 1 aliphatic rings. The van der Waals surface area contributed by atoms with Crippen LogP contribution in [0.4, 0.5) is 5.69 Å². The minimum absolute atomic E-state index is 0.0455. The van der Waals surface area contributed by atoms with Crippen molar-refractivity contribution in [3.8, 4) is 0 Å². The van der Waals surface area contributed by atoms with Gasteiger partial charge in [0.25, 0.3) is 10.0 Å². The van der Waals surface area contributed by atoms with Crippen LogP contribution in [0, 0.1) is 6.92 Å². The van der Waals surface area contributed by atoms with Crippen molar-refractivity contribution in [1.29, 1.82) is 0 Å². The van der Waals surface area contributed by atoms with Crippen LogP contribution in [-0.2, 0) is 19.6 Å². The molecule has 0 aliphatic carbocycles. The highest BCUT2D eigenvalue weighted by molar-refractivity contribution is 7.92. The number of carbonyl (C=O) groups is 1. The number of halogens is 2. The quantitative estimate of drug-likeness (QED) is 0.687. The lowest BCUT2D eigenvalue weighted by Gasteiger charge is -2.25. The van der Waals surface area contributed by atoms with Crippen LogP contribution >= 0.6 is 23.2 Å². The van der Waals surface area contributed by atoms with Gasteiger partial charge in [-0.05, 0) is 50.1 Å². The minimum Gasteiger partial charge on any atom is -0.376 e. The van der Waals surface area contributed by atoms with Gasteiger partial charge in [-0.3, -0.25) is 9.10 Å². The Kier molecular flexibility index (Phi) is 7.05. The Balaban J connectivity index is 1.90. The maximum Gasteiger partial charge on any atom is 0.264 e. The first-order valence-electron chi connectivity index (χ1n) is 9.20. The highest BCUT2D eigenvalue weighted by atomic mass is 35.5. The summed E-state index contributed by atoms with van der Waals surface area (Å²) in [7, 11) is -4.04. The lowest BCUT2D eigenvalue weighted by atomic mass is 10.2. The van der Waals surface area contributed by atoms with E-state index in [9.17, 15) is 13.2 Å². The average Bonchev–Trinajstić information content (AvgIpc) is 3.20. The summed E-state index contributed by atoms with van der Waals surface area (Å²) in [4.78, 5) is 12.6. The Morgan fingerprint density at radius 3 is 2.59 bits per heavy atom. The molecule has 0 aromatic heterocycles. The maximum absolute atomic E-state index is 13.3. The number of hydrogen-bond donors (Lipinski definition) is 1. The lowest BCUT2D eigenvalue weighted by molar-refractivity contribution is -0.120. The summed E-state index contributed by atoms with van der Waals surface area (Å²) in [5.74, 6) is -0.452. The van der Waals surface area contributed by atoms with E-state index in [0.29, 0.717) is 18.2 Å². The topological polar surface area (TPSA) is 75.7 Å². The molecule has 1 atom stereocenters. The zero-order valence-electron chi connectivity index (χ0n) is 15.9. The second-order valence-corrected chi connectivity index (χ2v) is 9.57. The van der Waals surface area contributed by atoms with Crippen LogP contribution in [0.2, 0.25) is 10.0 Å². The van der Waals surface area contributed by atoms with E-state index >= 15 is 0 Å². The second-order valence-electron chi connectivity index (χ2n) is 6.86. The van der Waals surface area contributed by atoms with Crippen molar-refractivity contribution in [1.82, 2.24) is 5.32 Å². The summed E-state index contributed by atoms with van der Waals surface area (Å²) in [5, 5.41) is 3.24. The predicted octanol–water partition coefficient (Wildman–Crippen LogP) is 3.79. The summed E-state index contributed by atoms with van der Waals surface area (Å²) < 4.78 is 33.1. The normalized spacial score (nSPS) is 16.6. The monoisotopic (exact) mass is 456 g/mol. The number of nitrogens with zero attached hydrogens (tertiary/aromatic N) is 1. The van der Waals surface area contributed by atoms with Crippen molar-refractivity contribution in [3.63, 3.8) is 0 Å². The van der Waals surface area contributed by atoms with E-state index in [4.69, 9.17) is 27.9 Å². The highest BCUT2D eigenvalue weighted by Gasteiger charge is 2.29. The summed E-state index contributed by atoms with van der Waals surface area (Å²) in [6, 6.07) is 10.9. The molecule has 1 amide bonds. The fraction of sp³-hybridized carbons (Fsp3) is 0.350. The van der Waals surface area contributed by atoms with Crippen LogP contribution in [0.5, 0.6) is 0 Å². The Labute approximate surface area is 180 Å². The molecular formula is C20H22Cl2N2O4S. The maximum atomic E-state index is 13.3. The molecule has 1 fully saturated rings. The van der Waals surface area contributed by atoms with Crippen LogP contribution in [0.25, 0.3) is 0 Å². The molecular weight excluding hydrogens is 435 g/mol. The van der Waals surface area contributed by atoms with Crippen LogP contribution < -0.4 is 9.62 Å². The minimum atomic E-state index is -4.04. The molecule has 0 bridgehead atoms. The van der Waals surface area contributed by atoms with Crippen molar-refractivity contribution in [2.75, 3.05) is 24.0 Å². The molecule has 6 nitrogen and oxygen atoms in total. The van der Waals surface area contributed by atoms with E-state index in [0.717, 1.165) is 22.7 Å². The van der Waals surface area contributed by atoms with Crippen LogP contribution in [0.1, 0.15) is 18.4 Å². The van der Waals surface area contributed by atoms with Gasteiger partial charge in [0.1, 0.15) is 6.54 Å². The van der Waals surface area contributed by atoms with Gasteiger partial charge in [-0.1, -0.05) is 40.9 Å². The number of anilines is 1. The molecule has 1 saturated heterocycles. The van der Waals surface area contributed by atoms with Crippen molar-refractivity contribution in [2.24, 2.45) is 0 Å². The van der Waals surface area contributed by atoms with Gasteiger partial charge in [-0.25, -0.2) is 8.42 Å². The zero-order chi connectivity index (χ0) is 21.0. The van der Waals surface area contributed by atoms with Gasteiger partial charge in [0, 0.05) is 18.2 Å². The number of amides is 1. The molecule has 2 aromatic carbocycles. The predicted molar refractivity (Wildman–Crippen MR) is 114 cm³/mol. The Bertz CT molecular complexity index is 974. The number of hydrogen-bond acceptors (Lipinski definition) is 4. The van der Waals surface area contributed by atoms with Gasteiger partial charge in [0.15, 0.2) is 0 Å². The third-order valence-electron chi connectivity index (χ3n) is 4.62. The van der Waals surface area contributed by atoms with E-state index < -0.39 is 22.5 Å². The zero-order valence-corrected chi connectivity index (χ0v) is 18.2. The van der Waals surface area contributed by atoms with Crippen molar-refractivity contribution < 1.29 is 17.9 Å². The molecule has 9 heteroatoms. The van der Waals surface area contributed by atoms with Crippen LogP contribution in [-0.4, -0.2) is 40.1 Å². The summed E-state index contributed by atoms with van der Waals surface area (Å²) >= 11 is 12.3. The second kappa shape index (κ2) is 9.34. The molecule has 1 heterocycles. The smallest absolute Gasteiger partial charge is 0.264 e. The number of aryl methyl sites for hydroxylation is 1. The molecule has 0 spiro atoms. The summed E-state index contributed by atoms with van der Waals surface area (Å²) in [6.45, 7) is 2.44. The number of rotatable bonds is 7. The SMILES string of the molecule is Cc1ccc(S(=O)(=O)N(CC(=O)NC[C@H]2CCCO2)c2cc(Cl)ccc2Cl)cc1. The number of sulfonamides is 1. The van der Waals surface area contributed by atoms with Gasteiger partial charge >= 0.3 is 0 Å². The van der Waals surface area contributed by atoms with Gasteiger partial charge in [-0.15, -0.1) is 0 Å². The van der Waals surface area contributed by atoms with Gasteiger partial charge in [-0.2, -0.15) is 0 Å². The summed E-state index contributed by atoms with van der Waals surface area (Å²) in [5.41, 5.74) is 1.07. The van der Waals surface area contributed by atoms with Crippen molar-refractivity contribution in [2.45, 2.75) is 30.8 Å². The number of nitrogens with one attached hydrogen (secondary N) is 1. The molecule has 156 valence electrons. The fourth-order valence-electron chi connectivity index (χ4n) is 3.03. The Morgan fingerprint density at radius 1 is 1.21 bits per heavy atom. The molecule has 0 unspecified atom stereocenters. The van der Waals surface area contributed by atoms with Crippen molar-refractivity contribution >= 4 is 44.8 Å². The third kappa shape index (κ3) is 5.42. The van der Waals surface area contributed by atoms with Gasteiger partial charge in [0.05, 0.1) is 21.7 Å². The first-order chi connectivity index (χ1) is 13.8. The largest absolute Gasteiger partial charge is 0.376 e. The Hall–Kier alpha value is -1.80. The molecule has 2 aromatic rings. The third-order valence-corrected chi connectivity index (χ3v) is 6.95. The first kappa shape index (κ1) is 21.9. The van der Waals surface area contributed by atoms with Crippen molar-refractivity contribution in [3.05, 3.63) is 58.1 Å². The standard InChI is InChI=1S/C20H22Cl2N2O4S/c1-14-4-7-17(8-5-14)29(26,27)24(19-11-15(21)6-9-18(19)22)13-20(25)23-12-16-3-2-10-28-16/h4-9,11,16H,2-3,10,12-13H2,1H3,(H,23,25)/t16-/m1/s1. The summed E-state index contributed by atoms with van der Waals surface area (Å²) in [6.07, 6.45) is 1.77. The van der Waals surface area contributed by atoms with Gasteiger partial charge in [0.2, 0.25) is 5.91 Å². The lowest BCUT2D eigenvalue weighted by Crippen LogP contribution is -2.43. The average molecular weight is 457 g/mol. The highest BCUT2D eigenvalue weighted by Crippen LogP contribution is 2.33. The number of benzene rings is 2. The molecule has 3 rings (SSSR count). The van der Waals surface area contributed by atoms with Crippen LogP contribution in [0.3, 0.4) is 0 Å². The Morgan fingerprint density at radius 2 is 1.93 bits per heavy atom. The fourth-order valence-corrected chi connectivity index (χ4v) is 4.90. The molecule has 1 N–H and O–H groups in total. The van der Waals surface area contributed by atoms with E-state index in [-0.39, 0.29) is 21.7 Å². The van der Waals surface area contributed by atoms with E-state index in [2.05, 4.69) is 5.32 Å². The molecule has 0 saturated carbocycles.